The van der Waals surface area contributed by atoms with Gasteiger partial charge < -0.3 is 15.1 Å². The lowest BCUT2D eigenvalue weighted by molar-refractivity contribution is 0.313. The van der Waals surface area contributed by atoms with Crippen LogP contribution >= 0.6 is 0 Å². The summed E-state index contributed by atoms with van der Waals surface area (Å²) >= 11 is 0. The van der Waals surface area contributed by atoms with Crippen LogP contribution in [0.2, 0.25) is 0 Å². The van der Waals surface area contributed by atoms with Gasteiger partial charge in [-0.2, -0.15) is 10.2 Å². The van der Waals surface area contributed by atoms with E-state index in [2.05, 4.69) is 50.3 Å². The summed E-state index contributed by atoms with van der Waals surface area (Å²) in [6, 6.07) is 12.8. The molecular formula is C21H23N7O. The number of anilines is 3. The van der Waals surface area contributed by atoms with E-state index in [1.165, 1.54) is 16.3 Å². The summed E-state index contributed by atoms with van der Waals surface area (Å²) in [4.78, 5) is 25.8. The lowest BCUT2D eigenvalue weighted by atomic mass is 10.2. The maximum absolute atomic E-state index is 12.2. The van der Waals surface area contributed by atoms with Gasteiger partial charge >= 0.3 is 0 Å². The Bertz CT molecular complexity index is 1110. The molecule has 8 heteroatoms. The van der Waals surface area contributed by atoms with Crippen molar-refractivity contribution in [2.24, 2.45) is 0 Å². The van der Waals surface area contributed by atoms with Gasteiger partial charge in [0.25, 0.3) is 5.56 Å². The summed E-state index contributed by atoms with van der Waals surface area (Å²) in [5.41, 5.74) is 2.24. The lowest BCUT2D eigenvalue weighted by Crippen LogP contribution is -2.44. The molecule has 0 amide bonds. The summed E-state index contributed by atoms with van der Waals surface area (Å²) in [6.07, 6.45) is 1.66. The van der Waals surface area contributed by atoms with Gasteiger partial charge in [0.2, 0.25) is 5.95 Å². The molecule has 0 spiro atoms. The minimum absolute atomic E-state index is 0.257. The van der Waals surface area contributed by atoms with E-state index >= 15 is 0 Å². The number of nitrogens with one attached hydrogen (secondary N) is 1. The summed E-state index contributed by atoms with van der Waals surface area (Å²) in [5, 5.41) is 13.1. The van der Waals surface area contributed by atoms with Gasteiger partial charge in [0, 0.05) is 55.2 Å². The van der Waals surface area contributed by atoms with E-state index in [0.29, 0.717) is 17.0 Å². The van der Waals surface area contributed by atoms with Crippen molar-refractivity contribution in [1.82, 2.24) is 19.4 Å². The largest absolute Gasteiger partial charge is 0.369 e. The molecule has 0 saturated carbocycles. The zero-order valence-electron chi connectivity index (χ0n) is 16.5. The molecular weight excluding hydrogens is 366 g/mol. The third kappa shape index (κ3) is 3.91. The zero-order chi connectivity index (χ0) is 20.4. The molecule has 1 aromatic carbocycles. The van der Waals surface area contributed by atoms with Crippen LogP contribution in [0.4, 0.5) is 17.3 Å². The number of pyridine rings is 1. The normalized spacial score (nSPS) is 15.8. The van der Waals surface area contributed by atoms with Crippen LogP contribution in [-0.4, -0.2) is 52.7 Å². The van der Waals surface area contributed by atoms with Crippen molar-refractivity contribution < 1.29 is 0 Å². The molecule has 1 aliphatic rings. The first-order valence-corrected chi connectivity index (χ1v) is 9.63. The molecule has 1 N–H and O–H groups in total. The summed E-state index contributed by atoms with van der Waals surface area (Å²) in [5.74, 6) is 0.384. The SMILES string of the molecule is CC(C#N)n1c(=O)ccc2cnc(Nc3ccc(N4CCN(C)CC4)cc3)nc21. The minimum Gasteiger partial charge on any atom is -0.369 e. The van der Waals surface area contributed by atoms with Gasteiger partial charge in [0.05, 0.1) is 6.07 Å². The van der Waals surface area contributed by atoms with Crippen LogP contribution in [-0.2, 0) is 0 Å². The Balaban J connectivity index is 1.58. The molecule has 4 rings (SSSR count). The molecule has 8 nitrogen and oxygen atoms in total. The van der Waals surface area contributed by atoms with Gasteiger partial charge in [0.1, 0.15) is 11.7 Å². The fourth-order valence-corrected chi connectivity index (χ4v) is 3.48. The number of nitrogens with zero attached hydrogens (tertiary/aromatic N) is 6. The number of likely N-dealkylation sites (N-methyl/N-ethyl adjacent to an activating group) is 1. The number of nitriles is 1. The van der Waals surface area contributed by atoms with Crippen LogP contribution in [0, 0.1) is 11.3 Å². The Morgan fingerprint density at radius 3 is 2.52 bits per heavy atom. The van der Waals surface area contributed by atoms with Gasteiger partial charge in [0.15, 0.2) is 0 Å². The molecule has 1 aliphatic heterocycles. The van der Waals surface area contributed by atoms with Gasteiger partial charge in [-0.3, -0.25) is 9.36 Å². The Morgan fingerprint density at radius 1 is 1.10 bits per heavy atom. The van der Waals surface area contributed by atoms with Crippen molar-refractivity contribution in [1.29, 1.82) is 5.26 Å². The number of aromatic nitrogens is 3. The molecule has 29 heavy (non-hydrogen) atoms. The van der Waals surface area contributed by atoms with E-state index in [4.69, 9.17) is 0 Å². The maximum atomic E-state index is 12.2. The fourth-order valence-electron chi connectivity index (χ4n) is 3.48. The third-order valence-corrected chi connectivity index (χ3v) is 5.23. The van der Waals surface area contributed by atoms with E-state index in [-0.39, 0.29) is 5.56 Å². The van der Waals surface area contributed by atoms with Gasteiger partial charge in [-0.15, -0.1) is 0 Å². The summed E-state index contributed by atoms with van der Waals surface area (Å²) < 4.78 is 1.39. The molecule has 1 fully saturated rings. The Morgan fingerprint density at radius 2 is 1.83 bits per heavy atom. The van der Waals surface area contributed by atoms with Crippen LogP contribution in [0.3, 0.4) is 0 Å². The van der Waals surface area contributed by atoms with Crippen LogP contribution < -0.4 is 15.8 Å². The summed E-state index contributed by atoms with van der Waals surface area (Å²) in [6.45, 7) is 5.84. The smallest absolute Gasteiger partial charge is 0.253 e. The van der Waals surface area contributed by atoms with E-state index < -0.39 is 6.04 Å². The van der Waals surface area contributed by atoms with Crippen LogP contribution in [0.25, 0.3) is 11.0 Å². The van der Waals surface area contributed by atoms with E-state index in [1.807, 2.05) is 12.1 Å². The first-order valence-electron chi connectivity index (χ1n) is 9.63. The second-order valence-electron chi connectivity index (χ2n) is 7.28. The molecule has 3 heterocycles. The Labute approximate surface area is 169 Å². The monoisotopic (exact) mass is 389 g/mol. The standard InChI is InChI=1S/C21H23N7O/c1-15(13-22)28-19(29)8-3-16-14-23-21(25-20(16)28)24-17-4-6-18(7-5-17)27-11-9-26(2)10-12-27/h3-8,14-15H,9-12H2,1-2H3,(H,23,24,25). The molecule has 3 aromatic rings. The number of benzene rings is 1. The minimum atomic E-state index is -0.614. The van der Waals surface area contributed by atoms with E-state index in [9.17, 15) is 10.1 Å². The van der Waals surface area contributed by atoms with Gasteiger partial charge in [-0.25, -0.2) is 4.98 Å². The topological polar surface area (TPSA) is 90.1 Å². The molecule has 1 atom stereocenters. The summed E-state index contributed by atoms with van der Waals surface area (Å²) in [7, 11) is 2.14. The third-order valence-electron chi connectivity index (χ3n) is 5.23. The number of hydrogen-bond acceptors (Lipinski definition) is 7. The highest BCUT2D eigenvalue weighted by molar-refractivity contribution is 5.76. The second kappa shape index (κ2) is 7.89. The van der Waals surface area contributed by atoms with Gasteiger partial charge in [-0.1, -0.05) is 0 Å². The van der Waals surface area contributed by atoms with E-state index in [1.54, 1.807) is 19.2 Å². The van der Waals surface area contributed by atoms with Crippen molar-refractivity contribution in [3.05, 3.63) is 52.9 Å². The molecule has 1 saturated heterocycles. The molecule has 0 bridgehead atoms. The first kappa shape index (κ1) is 18.9. The van der Waals surface area contributed by atoms with E-state index in [0.717, 1.165) is 31.9 Å². The van der Waals surface area contributed by atoms with Crippen LogP contribution in [0.15, 0.2) is 47.4 Å². The molecule has 2 aromatic heterocycles. The first-order chi connectivity index (χ1) is 14.0. The van der Waals surface area contributed by atoms with Crippen molar-refractivity contribution in [3.8, 4) is 6.07 Å². The molecule has 0 aliphatic carbocycles. The lowest BCUT2D eigenvalue weighted by Gasteiger charge is -2.34. The Hall–Kier alpha value is -3.44. The number of fused-ring (bicyclic) bond motifs is 1. The molecule has 0 radical (unpaired) electrons. The predicted octanol–water partition coefficient (Wildman–Crippen LogP) is 2.37. The Kier molecular flexibility index (Phi) is 5.14. The van der Waals surface area contributed by atoms with Crippen molar-refractivity contribution >= 4 is 28.4 Å². The number of piperazine rings is 1. The maximum Gasteiger partial charge on any atom is 0.253 e. The number of rotatable bonds is 4. The van der Waals surface area contributed by atoms with Crippen molar-refractivity contribution in [2.45, 2.75) is 13.0 Å². The number of hydrogen-bond donors (Lipinski definition) is 1. The highest BCUT2D eigenvalue weighted by atomic mass is 16.1. The molecule has 1 unspecified atom stereocenters. The second-order valence-corrected chi connectivity index (χ2v) is 7.28. The fraction of sp³-hybridized carbons (Fsp3) is 0.333. The van der Waals surface area contributed by atoms with Crippen LogP contribution in [0.1, 0.15) is 13.0 Å². The predicted molar refractivity (Wildman–Crippen MR) is 114 cm³/mol. The van der Waals surface area contributed by atoms with Crippen molar-refractivity contribution in [2.75, 3.05) is 43.4 Å². The zero-order valence-corrected chi connectivity index (χ0v) is 16.5. The van der Waals surface area contributed by atoms with Crippen molar-refractivity contribution in [3.63, 3.8) is 0 Å². The average molecular weight is 389 g/mol. The van der Waals surface area contributed by atoms with Crippen LogP contribution in [0.5, 0.6) is 0 Å². The quantitative estimate of drug-likeness (QED) is 0.733. The molecule has 148 valence electrons. The highest BCUT2D eigenvalue weighted by Gasteiger charge is 2.15. The highest BCUT2D eigenvalue weighted by Crippen LogP contribution is 2.22. The van der Waals surface area contributed by atoms with Gasteiger partial charge in [-0.05, 0) is 44.3 Å². The average Bonchev–Trinajstić information content (AvgIpc) is 2.74.